The lowest BCUT2D eigenvalue weighted by Gasteiger charge is -2.08. The third kappa shape index (κ3) is 1.55. The first-order valence-electron chi connectivity index (χ1n) is 4.31. The summed E-state index contributed by atoms with van der Waals surface area (Å²) in [7, 11) is 0. The summed E-state index contributed by atoms with van der Waals surface area (Å²) >= 11 is 0. The minimum atomic E-state index is -0.842. The summed E-state index contributed by atoms with van der Waals surface area (Å²) in [6.45, 7) is 0. The Morgan fingerprint density at radius 3 is 2.54 bits per heavy atom. The number of hydrogen-bond acceptors (Lipinski definition) is 2. The summed E-state index contributed by atoms with van der Waals surface area (Å²) in [5.41, 5.74) is 1.05. The molecule has 1 heterocycles. The van der Waals surface area contributed by atoms with E-state index in [9.17, 15) is 9.90 Å². The van der Waals surface area contributed by atoms with Gasteiger partial charge in [0, 0.05) is 6.42 Å². The Morgan fingerprint density at radius 2 is 2.00 bits per heavy atom. The van der Waals surface area contributed by atoms with Crippen LogP contribution in [0.15, 0.2) is 30.3 Å². The molecular formula is C10H11NO2. The topological polar surface area (TPSA) is 49.3 Å². The molecule has 1 aromatic carbocycles. The predicted octanol–water partition coefficient (Wildman–Crippen LogP) is 0.608. The minimum Gasteiger partial charge on any atom is -0.383 e. The Balaban J connectivity index is 2.17. The SMILES string of the molecule is O=C1N[C@H](c2ccccc2)CC1O. The first kappa shape index (κ1) is 8.26. The molecule has 2 rings (SSSR count). The zero-order chi connectivity index (χ0) is 9.26. The van der Waals surface area contributed by atoms with Gasteiger partial charge in [0.25, 0.3) is 0 Å². The van der Waals surface area contributed by atoms with Crippen LogP contribution < -0.4 is 5.32 Å². The summed E-state index contributed by atoms with van der Waals surface area (Å²) in [6.07, 6.45) is -0.367. The highest BCUT2D eigenvalue weighted by molar-refractivity contribution is 5.83. The van der Waals surface area contributed by atoms with Gasteiger partial charge in [0.2, 0.25) is 5.91 Å². The summed E-state index contributed by atoms with van der Waals surface area (Å²) in [5, 5.41) is 11.9. The van der Waals surface area contributed by atoms with E-state index in [-0.39, 0.29) is 11.9 Å². The van der Waals surface area contributed by atoms with Crippen LogP contribution in [-0.2, 0) is 4.79 Å². The number of amides is 1. The molecule has 1 aliphatic rings. The van der Waals surface area contributed by atoms with Gasteiger partial charge in [0.15, 0.2) is 0 Å². The zero-order valence-corrected chi connectivity index (χ0v) is 7.10. The summed E-state index contributed by atoms with van der Waals surface area (Å²) in [4.78, 5) is 11.0. The van der Waals surface area contributed by atoms with E-state index in [1.807, 2.05) is 30.3 Å². The van der Waals surface area contributed by atoms with Crippen LogP contribution in [0.4, 0.5) is 0 Å². The molecule has 1 unspecified atom stereocenters. The van der Waals surface area contributed by atoms with Crippen molar-refractivity contribution in [1.82, 2.24) is 5.32 Å². The van der Waals surface area contributed by atoms with Crippen molar-refractivity contribution in [2.24, 2.45) is 0 Å². The number of nitrogens with one attached hydrogen (secondary N) is 1. The second-order valence-corrected chi connectivity index (χ2v) is 3.22. The van der Waals surface area contributed by atoms with Crippen LogP contribution in [0.5, 0.6) is 0 Å². The smallest absolute Gasteiger partial charge is 0.249 e. The van der Waals surface area contributed by atoms with Crippen LogP contribution in [0.25, 0.3) is 0 Å². The van der Waals surface area contributed by atoms with Crippen LogP contribution in [0.1, 0.15) is 18.0 Å². The van der Waals surface area contributed by atoms with Gasteiger partial charge in [0.1, 0.15) is 6.10 Å². The van der Waals surface area contributed by atoms with E-state index < -0.39 is 6.10 Å². The lowest BCUT2D eigenvalue weighted by atomic mass is 10.1. The molecule has 1 saturated heterocycles. The Labute approximate surface area is 76.4 Å². The molecule has 3 heteroatoms. The molecule has 0 aromatic heterocycles. The molecule has 0 spiro atoms. The average molecular weight is 177 g/mol. The predicted molar refractivity (Wildman–Crippen MR) is 47.9 cm³/mol. The second-order valence-electron chi connectivity index (χ2n) is 3.22. The number of rotatable bonds is 1. The zero-order valence-electron chi connectivity index (χ0n) is 7.10. The van der Waals surface area contributed by atoms with Crippen LogP contribution in [0.2, 0.25) is 0 Å². The van der Waals surface area contributed by atoms with Crippen molar-refractivity contribution in [3.63, 3.8) is 0 Å². The fraction of sp³-hybridized carbons (Fsp3) is 0.300. The summed E-state index contributed by atoms with van der Waals surface area (Å²) in [6, 6.07) is 9.64. The van der Waals surface area contributed by atoms with E-state index in [0.29, 0.717) is 6.42 Å². The molecule has 0 radical (unpaired) electrons. The van der Waals surface area contributed by atoms with Gasteiger partial charge in [0.05, 0.1) is 6.04 Å². The maximum absolute atomic E-state index is 11.0. The van der Waals surface area contributed by atoms with Crippen molar-refractivity contribution in [3.8, 4) is 0 Å². The maximum Gasteiger partial charge on any atom is 0.249 e. The second kappa shape index (κ2) is 3.18. The number of carbonyl (C=O) groups excluding carboxylic acids is 1. The van der Waals surface area contributed by atoms with Crippen molar-refractivity contribution in [2.75, 3.05) is 0 Å². The highest BCUT2D eigenvalue weighted by Gasteiger charge is 2.30. The molecule has 68 valence electrons. The number of carbonyl (C=O) groups is 1. The van der Waals surface area contributed by atoms with Gasteiger partial charge in [-0.2, -0.15) is 0 Å². The molecule has 0 aliphatic carbocycles. The number of hydrogen-bond donors (Lipinski definition) is 2. The molecule has 1 amide bonds. The summed E-state index contributed by atoms with van der Waals surface area (Å²) < 4.78 is 0. The molecule has 1 fully saturated rings. The van der Waals surface area contributed by atoms with E-state index in [1.165, 1.54) is 0 Å². The first-order chi connectivity index (χ1) is 6.27. The highest BCUT2D eigenvalue weighted by Crippen LogP contribution is 2.23. The standard InChI is InChI=1S/C10H11NO2/c12-9-6-8(11-10(9)13)7-4-2-1-3-5-7/h1-5,8-9,12H,6H2,(H,11,13)/t8-,9?/m0/s1. The monoisotopic (exact) mass is 177 g/mol. The normalized spacial score (nSPS) is 27.3. The van der Waals surface area contributed by atoms with Gasteiger partial charge in [-0.3, -0.25) is 4.79 Å². The molecule has 0 bridgehead atoms. The van der Waals surface area contributed by atoms with E-state index in [2.05, 4.69) is 5.32 Å². The molecule has 2 N–H and O–H groups in total. The van der Waals surface area contributed by atoms with Crippen molar-refractivity contribution >= 4 is 5.91 Å². The van der Waals surface area contributed by atoms with E-state index in [1.54, 1.807) is 0 Å². The Bertz CT molecular complexity index is 310. The third-order valence-corrected chi connectivity index (χ3v) is 2.28. The largest absolute Gasteiger partial charge is 0.383 e. The average Bonchev–Trinajstić information content (AvgIpc) is 2.49. The van der Waals surface area contributed by atoms with E-state index in [4.69, 9.17) is 0 Å². The molecule has 1 aromatic rings. The van der Waals surface area contributed by atoms with Gasteiger partial charge in [-0.15, -0.1) is 0 Å². The van der Waals surface area contributed by atoms with Gasteiger partial charge >= 0.3 is 0 Å². The van der Waals surface area contributed by atoms with E-state index in [0.717, 1.165) is 5.56 Å². The Hall–Kier alpha value is -1.35. The van der Waals surface area contributed by atoms with Crippen molar-refractivity contribution in [1.29, 1.82) is 0 Å². The van der Waals surface area contributed by atoms with Gasteiger partial charge in [-0.05, 0) is 5.56 Å². The van der Waals surface area contributed by atoms with E-state index >= 15 is 0 Å². The summed E-state index contributed by atoms with van der Waals surface area (Å²) in [5.74, 6) is -0.270. The Kier molecular flexibility index (Phi) is 2.02. The fourth-order valence-electron chi connectivity index (χ4n) is 1.56. The van der Waals surface area contributed by atoms with Crippen LogP contribution in [-0.4, -0.2) is 17.1 Å². The minimum absolute atomic E-state index is 0.0244. The lowest BCUT2D eigenvalue weighted by molar-refractivity contribution is -0.126. The number of benzene rings is 1. The van der Waals surface area contributed by atoms with Crippen LogP contribution in [0.3, 0.4) is 0 Å². The fourth-order valence-corrected chi connectivity index (χ4v) is 1.56. The molecular weight excluding hydrogens is 166 g/mol. The molecule has 2 atom stereocenters. The maximum atomic E-state index is 11.0. The van der Waals surface area contributed by atoms with Gasteiger partial charge < -0.3 is 10.4 Å². The van der Waals surface area contributed by atoms with Crippen molar-refractivity contribution < 1.29 is 9.90 Å². The molecule has 0 saturated carbocycles. The van der Waals surface area contributed by atoms with Crippen LogP contribution in [0, 0.1) is 0 Å². The van der Waals surface area contributed by atoms with Gasteiger partial charge in [-0.25, -0.2) is 0 Å². The molecule has 3 nitrogen and oxygen atoms in total. The lowest BCUT2D eigenvalue weighted by Crippen LogP contribution is -2.23. The van der Waals surface area contributed by atoms with Crippen molar-refractivity contribution in [3.05, 3.63) is 35.9 Å². The number of aliphatic hydroxyl groups excluding tert-OH is 1. The quantitative estimate of drug-likeness (QED) is 0.660. The molecule has 1 aliphatic heterocycles. The Morgan fingerprint density at radius 1 is 1.31 bits per heavy atom. The number of aliphatic hydroxyl groups is 1. The third-order valence-electron chi connectivity index (χ3n) is 2.28. The van der Waals surface area contributed by atoms with Gasteiger partial charge in [-0.1, -0.05) is 30.3 Å². The molecule has 13 heavy (non-hydrogen) atoms. The van der Waals surface area contributed by atoms with Crippen molar-refractivity contribution in [2.45, 2.75) is 18.6 Å². The van der Waals surface area contributed by atoms with Crippen LogP contribution >= 0.6 is 0 Å². The first-order valence-corrected chi connectivity index (χ1v) is 4.31. The highest BCUT2D eigenvalue weighted by atomic mass is 16.3.